The first-order valence-electron chi connectivity index (χ1n) is 14.6. The Morgan fingerprint density at radius 2 is 1.59 bits per heavy atom. The zero-order valence-electron chi connectivity index (χ0n) is 23.8. The van der Waals surface area contributed by atoms with E-state index in [1.165, 1.54) is 21.6 Å². The number of fused-ring (bicyclic) bond motifs is 1. The molecule has 2 aliphatic heterocycles. The molecular weight excluding hydrogens is 526 g/mol. The number of carbonyl (C=O) groups excluding carboxylic acids is 2. The summed E-state index contributed by atoms with van der Waals surface area (Å²) in [5.74, 6) is 0.208. The summed E-state index contributed by atoms with van der Waals surface area (Å²) in [7, 11) is 0. The van der Waals surface area contributed by atoms with Crippen LogP contribution in [0.3, 0.4) is 0 Å². The Labute approximate surface area is 247 Å². The van der Waals surface area contributed by atoms with Crippen LogP contribution in [0.1, 0.15) is 51.3 Å². The van der Waals surface area contributed by atoms with E-state index in [1.54, 1.807) is 0 Å². The number of benzene rings is 3. The van der Waals surface area contributed by atoms with Gasteiger partial charge in [-0.25, -0.2) is 0 Å². The minimum Gasteiger partial charge on any atom is -0.339 e. The number of piperazine rings is 1. The van der Waals surface area contributed by atoms with Gasteiger partial charge in [0.05, 0.1) is 6.04 Å². The third-order valence-electron chi connectivity index (χ3n) is 8.55. The fourth-order valence-electron chi connectivity index (χ4n) is 6.23. The van der Waals surface area contributed by atoms with Gasteiger partial charge in [0.1, 0.15) is 0 Å². The van der Waals surface area contributed by atoms with E-state index in [0.29, 0.717) is 31.6 Å². The highest BCUT2D eigenvalue weighted by Crippen LogP contribution is 2.38. The smallest absolute Gasteiger partial charge is 0.254 e. The third-order valence-corrected chi connectivity index (χ3v) is 9.55. The predicted molar refractivity (Wildman–Crippen MR) is 166 cm³/mol. The summed E-state index contributed by atoms with van der Waals surface area (Å²) in [6, 6.07) is 29.3. The second-order valence-corrected chi connectivity index (χ2v) is 12.3. The average molecular weight is 564 g/mol. The normalized spacial score (nSPS) is 19.2. The number of amides is 2. The van der Waals surface area contributed by atoms with Gasteiger partial charge in [-0.2, -0.15) is 0 Å². The minimum absolute atomic E-state index is 0.0299. The Kier molecular flexibility index (Phi) is 8.04. The second kappa shape index (κ2) is 12.0. The molecule has 0 saturated carbocycles. The van der Waals surface area contributed by atoms with Gasteiger partial charge in [0.15, 0.2) is 0 Å². The maximum atomic E-state index is 13.4. The first-order chi connectivity index (χ1) is 20.0. The van der Waals surface area contributed by atoms with Crippen LogP contribution in [0, 0.1) is 6.92 Å². The van der Waals surface area contributed by atoms with Gasteiger partial charge in [-0.3, -0.25) is 14.5 Å². The first kappa shape index (κ1) is 27.4. The first-order valence-corrected chi connectivity index (χ1v) is 15.5. The number of hydrogen-bond acceptors (Lipinski definition) is 4. The number of carbonyl (C=O) groups is 2. The lowest BCUT2D eigenvalue weighted by atomic mass is 9.92. The van der Waals surface area contributed by atoms with Gasteiger partial charge in [0, 0.05) is 55.6 Å². The molecule has 41 heavy (non-hydrogen) atoms. The molecule has 2 atom stereocenters. The van der Waals surface area contributed by atoms with Gasteiger partial charge in [0.2, 0.25) is 5.91 Å². The van der Waals surface area contributed by atoms with Gasteiger partial charge >= 0.3 is 0 Å². The number of rotatable bonds is 6. The van der Waals surface area contributed by atoms with Crippen molar-refractivity contribution >= 4 is 23.2 Å². The number of aryl methyl sites for hydroxylation is 1. The van der Waals surface area contributed by atoms with Crippen molar-refractivity contribution < 1.29 is 9.59 Å². The van der Waals surface area contributed by atoms with Crippen LogP contribution in [0.2, 0.25) is 0 Å². The molecule has 210 valence electrons. The van der Waals surface area contributed by atoms with Gasteiger partial charge in [-0.05, 0) is 66.1 Å². The highest BCUT2D eigenvalue weighted by atomic mass is 32.1. The van der Waals surface area contributed by atoms with E-state index in [-0.39, 0.29) is 23.9 Å². The summed E-state index contributed by atoms with van der Waals surface area (Å²) in [6.45, 7) is 7.56. The SMILES string of the molecule is Cc1ccc(C2c3ccsc3CCN2CCC(=O)N2CCN(C(=O)c3ccc(-c4ccccc4)cc3)C(C)C2)cc1. The Bertz CT molecular complexity index is 1500. The Morgan fingerprint density at radius 3 is 2.32 bits per heavy atom. The van der Waals surface area contributed by atoms with Crippen LogP contribution in [0.5, 0.6) is 0 Å². The summed E-state index contributed by atoms with van der Waals surface area (Å²) in [6.07, 6.45) is 1.52. The van der Waals surface area contributed by atoms with E-state index >= 15 is 0 Å². The quantitative estimate of drug-likeness (QED) is 0.271. The van der Waals surface area contributed by atoms with E-state index in [0.717, 1.165) is 30.6 Å². The number of thiophene rings is 1. The maximum Gasteiger partial charge on any atom is 0.254 e. The van der Waals surface area contributed by atoms with Crippen molar-refractivity contribution in [2.24, 2.45) is 0 Å². The molecule has 3 heterocycles. The largest absolute Gasteiger partial charge is 0.339 e. The predicted octanol–water partition coefficient (Wildman–Crippen LogP) is 6.43. The lowest BCUT2D eigenvalue weighted by Gasteiger charge is -2.41. The molecular formula is C35H37N3O2S. The molecule has 0 bridgehead atoms. The highest BCUT2D eigenvalue weighted by Gasteiger charge is 2.33. The Balaban J connectivity index is 1.06. The van der Waals surface area contributed by atoms with E-state index < -0.39 is 0 Å². The molecule has 2 aliphatic rings. The summed E-state index contributed by atoms with van der Waals surface area (Å²) in [5.41, 5.74) is 6.86. The number of hydrogen-bond donors (Lipinski definition) is 0. The van der Waals surface area contributed by atoms with E-state index in [2.05, 4.69) is 59.7 Å². The molecule has 5 nitrogen and oxygen atoms in total. The van der Waals surface area contributed by atoms with Gasteiger partial charge in [-0.15, -0.1) is 11.3 Å². The summed E-state index contributed by atoms with van der Waals surface area (Å²) in [5, 5.41) is 2.19. The van der Waals surface area contributed by atoms with Crippen molar-refractivity contribution in [2.45, 2.75) is 38.8 Å². The van der Waals surface area contributed by atoms with E-state index in [9.17, 15) is 9.59 Å². The molecule has 2 amide bonds. The van der Waals surface area contributed by atoms with Crippen LogP contribution in [0.4, 0.5) is 0 Å². The fourth-order valence-corrected chi connectivity index (χ4v) is 7.14. The van der Waals surface area contributed by atoms with Crippen molar-refractivity contribution in [1.82, 2.24) is 14.7 Å². The molecule has 0 spiro atoms. The van der Waals surface area contributed by atoms with Gasteiger partial charge in [-0.1, -0.05) is 72.3 Å². The molecule has 3 aromatic carbocycles. The Hall–Kier alpha value is -3.74. The summed E-state index contributed by atoms with van der Waals surface area (Å²) < 4.78 is 0. The molecule has 1 saturated heterocycles. The minimum atomic E-state index is -0.0299. The molecule has 6 rings (SSSR count). The molecule has 1 fully saturated rings. The van der Waals surface area contributed by atoms with Crippen LogP contribution in [-0.4, -0.2) is 65.3 Å². The van der Waals surface area contributed by atoms with Crippen molar-refractivity contribution in [3.63, 3.8) is 0 Å². The molecule has 2 unspecified atom stereocenters. The van der Waals surface area contributed by atoms with Crippen LogP contribution in [0.25, 0.3) is 11.1 Å². The van der Waals surface area contributed by atoms with E-state index in [4.69, 9.17) is 0 Å². The average Bonchev–Trinajstić information content (AvgIpc) is 3.49. The zero-order chi connectivity index (χ0) is 28.3. The highest BCUT2D eigenvalue weighted by molar-refractivity contribution is 7.10. The molecule has 0 radical (unpaired) electrons. The third kappa shape index (κ3) is 5.85. The molecule has 1 aromatic heterocycles. The molecule has 0 N–H and O–H groups in total. The van der Waals surface area contributed by atoms with Gasteiger partial charge < -0.3 is 9.80 Å². The molecule has 4 aromatic rings. The van der Waals surface area contributed by atoms with Crippen LogP contribution in [-0.2, 0) is 11.2 Å². The van der Waals surface area contributed by atoms with Crippen LogP contribution in [0.15, 0.2) is 90.3 Å². The fraction of sp³-hybridized carbons (Fsp3) is 0.314. The van der Waals surface area contributed by atoms with E-state index in [1.807, 2.05) is 70.5 Å². The molecule has 0 aliphatic carbocycles. The topological polar surface area (TPSA) is 43.9 Å². The summed E-state index contributed by atoms with van der Waals surface area (Å²) in [4.78, 5) is 34.5. The van der Waals surface area contributed by atoms with Crippen molar-refractivity contribution in [3.8, 4) is 11.1 Å². The standard InChI is InChI=1S/C35H37N3O2S/c1-25-8-10-29(11-9-25)34-31-18-23-41-32(31)16-19-36(34)20-17-33(39)37-21-22-38(26(2)24-37)35(40)30-14-12-28(13-15-30)27-6-4-3-5-7-27/h3-15,18,23,26,34H,16-17,19-22,24H2,1-2H3. The monoisotopic (exact) mass is 563 g/mol. The van der Waals surface area contributed by atoms with Crippen molar-refractivity contribution in [2.75, 3.05) is 32.7 Å². The van der Waals surface area contributed by atoms with Crippen LogP contribution < -0.4 is 0 Å². The molecule has 6 heteroatoms. The Morgan fingerprint density at radius 1 is 0.854 bits per heavy atom. The van der Waals surface area contributed by atoms with Crippen LogP contribution >= 0.6 is 11.3 Å². The summed E-state index contributed by atoms with van der Waals surface area (Å²) >= 11 is 1.84. The maximum absolute atomic E-state index is 13.4. The van der Waals surface area contributed by atoms with Crippen molar-refractivity contribution in [3.05, 3.63) is 117 Å². The number of nitrogens with zero attached hydrogens (tertiary/aromatic N) is 3. The zero-order valence-corrected chi connectivity index (χ0v) is 24.6. The van der Waals surface area contributed by atoms with Crippen molar-refractivity contribution in [1.29, 1.82) is 0 Å². The second-order valence-electron chi connectivity index (χ2n) is 11.3. The lowest BCUT2D eigenvalue weighted by Crippen LogP contribution is -2.55. The van der Waals surface area contributed by atoms with Gasteiger partial charge in [0.25, 0.3) is 5.91 Å². The lowest BCUT2D eigenvalue weighted by molar-refractivity contribution is -0.134.